The van der Waals surface area contributed by atoms with Crippen LogP contribution in [-0.4, -0.2) is 12.8 Å². The fourth-order valence-corrected chi connectivity index (χ4v) is 2.54. The van der Waals surface area contributed by atoms with Crippen molar-refractivity contribution in [2.24, 2.45) is 0 Å². The second-order valence-electron chi connectivity index (χ2n) is 3.54. The highest BCUT2D eigenvalue weighted by Gasteiger charge is 2.07. The molecule has 1 unspecified atom stereocenters. The van der Waals surface area contributed by atoms with Gasteiger partial charge in [-0.2, -0.15) is 0 Å². The Morgan fingerprint density at radius 2 is 2.20 bits per heavy atom. The standard InChI is InChI=1S/C12H18ClNS/c1-4-7-15-10-5-6-11(9(2)14-3)12(13)8-10/h5-6,8-9,14H,4,7H2,1-3H3. The third-order valence-corrected chi connectivity index (χ3v) is 3.87. The summed E-state index contributed by atoms with van der Waals surface area (Å²) < 4.78 is 0. The van der Waals surface area contributed by atoms with Crippen LogP contribution in [0.15, 0.2) is 23.1 Å². The van der Waals surface area contributed by atoms with E-state index in [1.54, 1.807) is 0 Å². The first kappa shape index (κ1) is 12.9. The first-order chi connectivity index (χ1) is 7.19. The molecule has 0 fully saturated rings. The van der Waals surface area contributed by atoms with Crippen LogP contribution in [0.1, 0.15) is 31.9 Å². The molecule has 1 nitrogen and oxygen atoms in total. The van der Waals surface area contributed by atoms with Crippen molar-refractivity contribution in [1.82, 2.24) is 5.32 Å². The molecule has 1 N–H and O–H groups in total. The van der Waals surface area contributed by atoms with Gasteiger partial charge in [0.15, 0.2) is 0 Å². The molecule has 0 bridgehead atoms. The number of nitrogens with one attached hydrogen (secondary N) is 1. The Morgan fingerprint density at radius 1 is 1.47 bits per heavy atom. The monoisotopic (exact) mass is 243 g/mol. The van der Waals surface area contributed by atoms with Crippen LogP contribution in [0.3, 0.4) is 0 Å². The molecule has 0 saturated carbocycles. The summed E-state index contributed by atoms with van der Waals surface area (Å²) in [5.74, 6) is 1.15. The van der Waals surface area contributed by atoms with Gasteiger partial charge in [-0.15, -0.1) is 11.8 Å². The van der Waals surface area contributed by atoms with Crippen molar-refractivity contribution in [2.75, 3.05) is 12.8 Å². The van der Waals surface area contributed by atoms with Crippen LogP contribution in [0.5, 0.6) is 0 Å². The van der Waals surface area contributed by atoms with E-state index in [9.17, 15) is 0 Å². The highest BCUT2D eigenvalue weighted by molar-refractivity contribution is 7.99. The largest absolute Gasteiger partial charge is 0.313 e. The van der Waals surface area contributed by atoms with Crippen LogP contribution in [-0.2, 0) is 0 Å². The Bertz CT molecular complexity index is 314. The summed E-state index contributed by atoms with van der Waals surface area (Å²) in [6, 6.07) is 6.63. The number of hydrogen-bond acceptors (Lipinski definition) is 2. The Balaban J connectivity index is 2.78. The lowest BCUT2D eigenvalue weighted by Crippen LogP contribution is -2.12. The minimum atomic E-state index is 0.308. The maximum Gasteiger partial charge on any atom is 0.0464 e. The van der Waals surface area contributed by atoms with Crippen LogP contribution in [0.2, 0.25) is 5.02 Å². The molecular weight excluding hydrogens is 226 g/mol. The van der Waals surface area contributed by atoms with Gasteiger partial charge in [-0.3, -0.25) is 0 Å². The fraction of sp³-hybridized carbons (Fsp3) is 0.500. The predicted molar refractivity (Wildman–Crippen MR) is 69.9 cm³/mol. The molecule has 0 saturated heterocycles. The van der Waals surface area contributed by atoms with Gasteiger partial charge in [0.1, 0.15) is 0 Å². The number of halogens is 1. The molecule has 0 radical (unpaired) electrons. The fourth-order valence-electron chi connectivity index (χ4n) is 1.32. The van der Waals surface area contributed by atoms with Crippen molar-refractivity contribution >= 4 is 23.4 Å². The Morgan fingerprint density at radius 3 is 2.73 bits per heavy atom. The van der Waals surface area contributed by atoms with Crippen molar-refractivity contribution in [3.8, 4) is 0 Å². The third-order valence-electron chi connectivity index (χ3n) is 2.34. The lowest BCUT2D eigenvalue weighted by Gasteiger charge is -2.13. The summed E-state index contributed by atoms with van der Waals surface area (Å²) in [6.07, 6.45) is 1.19. The minimum absolute atomic E-state index is 0.308. The molecule has 15 heavy (non-hydrogen) atoms. The Kier molecular flexibility index (Phi) is 5.51. The average molecular weight is 244 g/mol. The number of benzene rings is 1. The van der Waals surface area contributed by atoms with Gasteiger partial charge in [0.05, 0.1) is 0 Å². The van der Waals surface area contributed by atoms with E-state index in [0.29, 0.717) is 6.04 Å². The van der Waals surface area contributed by atoms with Crippen molar-refractivity contribution in [1.29, 1.82) is 0 Å². The van der Waals surface area contributed by atoms with Gasteiger partial charge < -0.3 is 5.32 Å². The molecule has 3 heteroatoms. The molecule has 1 atom stereocenters. The summed E-state index contributed by atoms with van der Waals surface area (Å²) in [7, 11) is 1.95. The Labute approximate surface area is 102 Å². The second-order valence-corrected chi connectivity index (χ2v) is 5.12. The molecule has 0 spiro atoms. The van der Waals surface area contributed by atoms with E-state index >= 15 is 0 Å². The average Bonchev–Trinajstić information content (AvgIpc) is 2.25. The van der Waals surface area contributed by atoms with Crippen molar-refractivity contribution < 1.29 is 0 Å². The van der Waals surface area contributed by atoms with E-state index in [0.717, 1.165) is 10.8 Å². The van der Waals surface area contributed by atoms with Crippen LogP contribution >= 0.6 is 23.4 Å². The number of rotatable bonds is 5. The summed E-state index contributed by atoms with van der Waals surface area (Å²) in [5, 5.41) is 4.05. The third kappa shape index (κ3) is 3.71. The lowest BCUT2D eigenvalue weighted by atomic mass is 10.1. The zero-order valence-corrected chi connectivity index (χ0v) is 11.1. The molecule has 0 amide bonds. The summed E-state index contributed by atoms with van der Waals surface area (Å²) in [4.78, 5) is 1.26. The molecule has 1 rings (SSSR count). The van der Waals surface area contributed by atoms with Crippen LogP contribution < -0.4 is 5.32 Å². The molecule has 1 aromatic rings. The van der Waals surface area contributed by atoms with Gasteiger partial charge in [-0.05, 0) is 43.8 Å². The summed E-state index contributed by atoms with van der Waals surface area (Å²) >= 11 is 8.09. The van der Waals surface area contributed by atoms with E-state index in [4.69, 9.17) is 11.6 Å². The predicted octanol–water partition coefficient (Wildman–Crippen LogP) is 4.12. The highest BCUT2D eigenvalue weighted by Crippen LogP contribution is 2.28. The van der Waals surface area contributed by atoms with Gasteiger partial charge in [0.2, 0.25) is 0 Å². The van der Waals surface area contributed by atoms with E-state index in [-0.39, 0.29) is 0 Å². The molecule has 0 aliphatic rings. The number of hydrogen-bond donors (Lipinski definition) is 1. The molecule has 0 heterocycles. The maximum absolute atomic E-state index is 6.23. The summed E-state index contributed by atoms with van der Waals surface area (Å²) in [5.41, 5.74) is 1.17. The van der Waals surface area contributed by atoms with Gasteiger partial charge in [-0.25, -0.2) is 0 Å². The van der Waals surface area contributed by atoms with Crippen molar-refractivity contribution in [3.05, 3.63) is 28.8 Å². The molecule has 0 aliphatic heterocycles. The van der Waals surface area contributed by atoms with E-state index in [2.05, 4.69) is 37.4 Å². The topological polar surface area (TPSA) is 12.0 Å². The molecule has 1 aromatic carbocycles. The minimum Gasteiger partial charge on any atom is -0.313 e. The number of thioether (sulfide) groups is 1. The second kappa shape index (κ2) is 6.41. The van der Waals surface area contributed by atoms with Crippen LogP contribution in [0.25, 0.3) is 0 Å². The quantitative estimate of drug-likeness (QED) is 0.781. The van der Waals surface area contributed by atoms with E-state index < -0.39 is 0 Å². The maximum atomic E-state index is 6.23. The van der Waals surface area contributed by atoms with Gasteiger partial charge in [0, 0.05) is 16.0 Å². The van der Waals surface area contributed by atoms with Crippen molar-refractivity contribution in [3.63, 3.8) is 0 Å². The van der Waals surface area contributed by atoms with Gasteiger partial charge >= 0.3 is 0 Å². The molecule has 84 valence electrons. The van der Waals surface area contributed by atoms with E-state index in [1.807, 2.05) is 18.8 Å². The van der Waals surface area contributed by atoms with Crippen LogP contribution in [0.4, 0.5) is 0 Å². The highest BCUT2D eigenvalue weighted by atomic mass is 35.5. The zero-order valence-electron chi connectivity index (χ0n) is 9.51. The lowest BCUT2D eigenvalue weighted by molar-refractivity contribution is 0.652. The van der Waals surface area contributed by atoms with Crippen LogP contribution in [0, 0.1) is 0 Å². The first-order valence-corrected chi connectivity index (χ1v) is 6.65. The smallest absolute Gasteiger partial charge is 0.0464 e. The summed E-state index contributed by atoms with van der Waals surface area (Å²) in [6.45, 7) is 4.30. The van der Waals surface area contributed by atoms with E-state index in [1.165, 1.54) is 16.9 Å². The van der Waals surface area contributed by atoms with Gasteiger partial charge in [0.25, 0.3) is 0 Å². The molecule has 0 aromatic heterocycles. The zero-order chi connectivity index (χ0) is 11.3. The molecule has 0 aliphatic carbocycles. The normalized spacial score (nSPS) is 12.8. The van der Waals surface area contributed by atoms with Crippen molar-refractivity contribution in [2.45, 2.75) is 31.2 Å². The Hall–Kier alpha value is -0.180. The molecular formula is C12H18ClNS. The first-order valence-electron chi connectivity index (χ1n) is 5.28. The van der Waals surface area contributed by atoms with Gasteiger partial charge in [-0.1, -0.05) is 24.6 Å². The SMILES string of the molecule is CCCSc1ccc(C(C)NC)c(Cl)c1.